The van der Waals surface area contributed by atoms with Crippen LogP contribution < -0.4 is 5.32 Å². The second-order valence-electron chi connectivity index (χ2n) is 7.09. The number of carbonyl (C=O) groups is 1. The van der Waals surface area contributed by atoms with Crippen molar-refractivity contribution < 1.29 is 14.3 Å². The van der Waals surface area contributed by atoms with E-state index < -0.39 is 0 Å². The normalized spacial score (nSPS) is 23.3. The molecule has 0 aromatic carbocycles. The lowest BCUT2D eigenvalue weighted by Gasteiger charge is -2.26. The third-order valence-corrected chi connectivity index (χ3v) is 5.19. The fraction of sp³-hybridized carbons (Fsp3) is 0.778. The summed E-state index contributed by atoms with van der Waals surface area (Å²) in [6.45, 7) is 5.07. The summed E-state index contributed by atoms with van der Waals surface area (Å²) in [5.74, 6) is -0.322. The summed E-state index contributed by atoms with van der Waals surface area (Å²) in [6, 6.07) is 0. The van der Waals surface area contributed by atoms with E-state index in [9.17, 15) is 4.79 Å². The lowest BCUT2D eigenvalue weighted by atomic mass is 10.1. The van der Waals surface area contributed by atoms with Crippen molar-refractivity contribution >= 4 is 5.91 Å². The van der Waals surface area contributed by atoms with Gasteiger partial charge in [0.1, 0.15) is 6.10 Å². The van der Waals surface area contributed by atoms with Crippen LogP contribution in [0.5, 0.6) is 0 Å². The number of nitrogens with one attached hydrogen (secondary N) is 2. The maximum absolute atomic E-state index is 12.1. The van der Waals surface area contributed by atoms with Crippen LogP contribution in [-0.4, -0.2) is 41.1 Å². The van der Waals surface area contributed by atoms with Crippen LogP contribution in [0.1, 0.15) is 61.9 Å². The Morgan fingerprint density at radius 2 is 2.04 bits per heavy atom. The number of aromatic amines is 1. The van der Waals surface area contributed by atoms with Gasteiger partial charge in [-0.05, 0) is 38.7 Å². The highest BCUT2D eigenvalue weighted by molar-refractivity contribution is 5.76. The van der Waals surface area contributed by atoms with E-state index in [1.165, 1.54) is 25.7 Å². The zero-order valence-electron chi connectivity index (χ0n) is 14.8. The first-order chi connectivity index (χ1) is 11.6. The molecule has 6 heteroatoms. The SMILES string of the molecule is Cc1n[nH]c(C)c1CCC(=O)NCC1COC2(CCCCCC2)O1. The van der Waals surface area contributed by atoms with E-state index in [-0.39, 0.29) is 17.8 Å². The third-order valence-electron chi connectivity index (χ3n) is 5.19. The number of hydrogen-bond donors (Lipinski definition) is 2. The number of H-pyrrole nitrogens is 1. The van der Waals surface area contributed by atoms with E-state index in [2.05, 4.69) is 15.5 Å². The molecule has 2 fully saturated rings. The van der Waals surface area contributed by atoms with Gasteiger partial charge in [0.05, 0.1) is 12.3 Å². The predicted octanol–water partition coefficient (Wildman–Crippen LogP) is 2.54. The van der Waals surface area contributed by atoms with Crippen LogP contribution >= 0.6 is 0 Å². The Morgan fingerprint density at radius 1 is 1.29 bits per heavy atom. The first-order valence-corrected chi connectivity index (χ1v) is 9.17. The number of hydrogen-bond acceptors (Lipinski definition) is 4. The zero-order chi connectivity index (χ0) is 17.0. The van der Waals surface area contributed by atoms with E-state index in [1.54, 1.807) is 0 Å². The summed E-state index contributed by atoms with van der Waals surface area (Å²) in [5, 5.41) is 10.1. The highest BCUT2D eigenvalue weighted by atomic mass is 16.7. The monoisotopic (exact) mass is 335 g/mol. The molecule has 1 unspecified atom stereocenters. The largest absolute Gasteiger partial charge is 0.353 e. The molecule has 1 saturated heterocycles. The lowest BCUT2D eigenvalue weighted by Crippen LogP contribution is -2.36. The van der Waals surface area contributed by atoms with Gasteiger partial charge < -0.3 is 14.8 Å². The van der Waals surface area contributed by atoms with Gasteiger partial charge in [0.15, 0.2) is 5.79 Å². The molecule has 1 spiro atoms. The molecule has 0 bridgehead atoms. The Kier molecular flexibility index (Phi) is 5.56. The van der Waals surface area contributed by atoms with Crippen molar-refractivity contribution in [3.05, 3.63) is 17.0 Å². The number of aryl methyl sites for hydroxylation is 2. The van der Waals surface area contributed by atoms with Gasteiger partial charge in [-0.1, -0.05) is 12.8 Å². The Balaban J connectivity index is 1.40. The van der Waals surface area contributed by atoms with Crippen molar-refractivity contribution in [2.45, 2.75) is 77.1 Å². The van der Waals surface area contributed by atoms with Crippen molar-refractivity contribution in [3.63, 3.8) is 0 Å². The number of ether oxygens (including phenoxy) is 2. The van der Waals surface area contributed by atoms with Crippen molar-refractivity contribution in [2.24, 2.45) is 0 Å². The molecule has 2 N–H and O–H groups in total. The molecule has 1 aromatic rings. The average Bonchev–Trinajstić information content (AvgIpc) is 3.01. The van der Waals surface area contributed by atoms with Crippen LogP contribution in [0, 0.1) is 13.8 Å². The fourth-order valence-electron chi connectivity index (χ4n) is 3.74. The summed E-state index contributed by atoms with van der Waals surface area (Å²) in [7, 11) is 0. The zero-order valence-corrected chi connectivity index (χ0v) is 14.8. The molecule has 24 heavy (non-hydrogen) atoms. The van der Waals surface area contributed by atoms with Crippen LogP contribution in [0.4, 0.5) is 0 Å². The Bertz CT molecular complexity index is 542. The number of rotatable bonds is 5. The van der Waals surface area contributed by atoms with Gasteiger partial charge in [0.2, 0.25) is 5.91 Å². The van der Waals surface area contributed by atoms with Crippen LogP contribution in [0.25, 0.3) is 0 Å². The summed E-state index contributed by atoms with van der Waals surface area (Å²) < 4.78 is 12.1. The van der Waals surface area contributed by atoms with Crippen LogP contribution in [0.15, 0.2) is 0 Å². The summed E-state index contributed by atoms with van der Waals surface area (Å²) >= 11 is 0. The topological polar surface area (TPSA) is 76.2 Å². The highest BCUT2D eigenvalue weighted by Gasteiger charge is 2.41. The molecule has 1 atom stereocenters. The highest BCUT2D eigenvalue weighted by Crippen LogP contribution is 2.36. The van der Waals surface area contributed by atoms with Gasteiger partial charge in [-0.25, -0.2) is 0 Å². The molecular weight excluding hydrogens is 306 g/mol. The summed E-state index contributed by atoms with van der Waals surface area (Å²) in [5.41, 5.74) is 3.16. The fourth-order valence-corrected chi connectivity index (χ4v) is 3.74. The van der Waals surface area contributed by atoms with Gasteiger partial charge in [0, 0.05) is 31.5 Å². The minimum Gasteiger partial charge on any atom is -0.353 e. The van der Waals surface area contributed by atoms with Crippen molar-refractivity contribution in [3.8, 4) is 0 Å². The van der Waals surface area contributed by atoms with Gasteiger partial charge in [-0.3, -0.25) is 9.89 Å². The summed E-state index contributed by atoms with van der Waals surface area (Å²) in [4.78, 5) is 12.1. The minimum absolute atomic E-state index is 0.0237. The Morgan fingerprint density at radius 3 is 2.71 bits per heavy atom. The minimum atomic E-state index is -0.378. The molecule has 134 valence electrons. The molecule has 2 aliphatic rings. The third kappa shape index (κ3) is 4.16. The maximum atomic E-state index is 12.1. The molecule has 1 amide bonds. The van der Waals surface area contributed by atoms with Gasteiger partial charge in [-0.15, -0.1) is 0 Å². The smallest absolute Gasteiger partial charge is 0.220 e. The van der Waals surface area contributed by atoms with E-state index in [0.717, 1.165) is 29.8 Å². The van der Waals surface area contributed by atoms with Crippen molar-refractivity contribution in [1.82, 2.24) is 15.5 Å². The average molecular weight is 335 g/mol. The van der Waals surface area contributed by atoms with E-state index in [4.69, 9.17) is 9.47 Å². The Labute approximate surface area is 143 Å². The van der Waals surface area contributed by atoms with E-state index >= 15 is 0 Å². The quantitative estimate of drug-likeness (QED) is 0.867. The summed E-state index contributed by atoms with van der Waals surface area (Å²) in [6.07, 6.45) is 8.00. The molecule has 2 heterocycles. The van der Waals surface area contributed by atoms with Gasteiger partial charge >= 0.3 is 0 Å². The molecule has 3 rings (SSSR count). The molecule has 1 aromatic heterocycles. The van der Waals surface area contributed by atoms with E-state index in [1.807, 2.05) is 13.8 Å². The van der Waals surface area contributed by atoms with Crippen LogP contribution in [0.2, 0.25) is 0 Å². The maximum Gasteiger partial charge on any atom is 0.220 e. The Hall–Kier alpha value is -1.40. The van der Waals surface area contributed by atoms with Crippen molar-refractivity contribution in [1.29, 1.82) is 0 Å². The number of amides is 1. The second-order valence-corrected chi connectivity index (χ2v) is 7.09. The number of carbonyl (C=O) groups excluding carboxylic acids is 1. The number of aromatic nitrogens is 2. The van der Waals surface area contributed by atoms with Crippen LogP contribution in [-0.2, 0) is 20.7 Å². The lowest BCUT2D eigenvalue weighted by molar-refractivity contribution is -0.175. The molecule has 1 aliphatic carbocycles. The molecule has 6 nitrogen and oxygen atoms in total. The first kappa shape index (κ1) is 17.4. The molecule has 1 aliphatic heterocycles. The molecule has 0 radical (unpaired) electrons. The second kappa shape index (κ2) is 7.66. The predicted molar refractivity (Wildman–Crippen MR) is 90.7 cm³/mol. The molecular formula is C18H29N3O3. The van der Waals surface area contributed by atoms with Gasteiger partial charge in [-0.2, -0.15) is 5.10 Å². The van der Waals surface area contributed by atoms with Gasteiger partial charge in [0.25, 0.3) is 0 Å². The van der Waals surface area contributed by atoms with E-state index in [0.29, 0.717) is 26.0 Å². The standard InChI is InChI=1S/C18H29N3O3/c1-13-16(14(2)21-20-13)7-8-17(22)19-11-15-12-23-18(24-15)9-5-3-4-6-10-18/h15H,3-12H2,1-2H3,(H,19,22)(H,20,21). The first-order valence-electron chi connectivity index (χ1n) is 9.17. The van der Waals surface area contributed by atoms with Crippen LogP contribution in [0.3, 0.4) is 0 Å². The van der Waals surface area contributed by atoms with Crippen molar-refractivity contribution in [2.75, 3.05) is 13.2 Å². The number of nitrogens with zero attached hydrogens (tertiary/aromatic N) is 1. The molecule has 1 saturated carbocycles.